The Hall–Kier alpha value is -3.58. The van der Waals surface area contributed by atoms with Crippen molar-refractivity contribution in [3.8, 4) is 0 Å². The van der Waals surface area contributed by atoms with E-state index in [0.717, 1.165) is 17.2 Å². The van der Waals surface area contributed by atoms with Crippen molar-refractivity contribution in [1.82, 2.24) is 5.01 Å². The van der Waals surface area contributed by atoms with Crippen LogP contribution < -0.4 is 10.4 Å². The molecule has 0 aliphatic carbocycles. The number of aryl methyl sites for hydroxylation is 2. The first kappa shape index (κ1) is 19.7. The van der Waals surface area contributed by atoms with Crippen molar-refractivity contribution >= 4 is 34.2 Å². The summed E-state index contributed by atoms with van der Waals surface area (Å²) in [6, 6.07) is 13.3. The summed E-state index contributed by atoms with van der Waals surface area (Å²) in [6.07, 6.45) is 0. The predicted molar refractivity (Wildman–Crippen MR) is 115 cm³/mol. The number of aliphatic imine (C=N–C) groups is 1. The standard InChI is InChI=1S/C23H21N3O4/c1-13-10-17-18(27)12-20(30-19(17)11-14(13)2)22(28)24-21-15(3)25(4)26(23(21)29)16-8-6-5-7-9-16/h5-12,15H,1-4H3. The highest BCUT2D eigenvalue weighted by atomic mass is 16.3. The van der Waals surface area contributed by atoms with E-state index in [9.17, 15) is 14.4 Å². The number of anilines is 1. The van der Waals surface area contributed by atoms with Gasteiger partial charge in [0, 0.05) is 13.1 Å². The van der Waals surface area contributed by atoms with Crippen molar-refractivity contribution in [3.05, 3.63) is 75.6 Å². The Labute approximate surface area is 173 Å². The Morgan fingerprint density at radius 2 is 1.70 bits per heavy atom. The quantitative estimate of drug-likeness (QED) is 0.656. The summed E-state index contributed by atoms with van der Waals surface area (Å²) in [4.78, 5) is 42.3. The molecule has 0 saturated carbocycles. The smallest absolute Gasteiger partial charge is 0.313 e. The van der Waals surface area contributed by atoms with Crippen LogP contribution in [0.5, 0.6) is 0 Å². The van der Waals surface area contributed by atoms with Gasteiger partial charge in [-0.1, -0.05) is 18.2 Å². The zero-order valence-corrected chi connectivity index (χ0v) is 17.2. The number of rotatable bonds is 2. The summed E-state index contributed by atoms with van der Waals surface area (Å²) in [6.45, 7) is 5.59. The third kappa shape index (κ3) is 3.23. The molecule has 1 aliphatic rings. The number of para-hydroxylation sites is 1. The Morgan fingerprint density at radius 1 is 1.03 bits per heavy atom. The number of benzene rings is 2. The van der Waals surface area contributed by atoms with Crippen LogP contribution in [0.1, 0.15) is 28.6 Å². The maximum absolute atomic E-state index is 13.0. The van der Waals surface area contributed by atoms with Gasteiger partial charge in [-0.15, -0.1) is 0 Å². The number of carbonyl (C=O) groups is 2. The van der Waals surface area contributed by atoms with Crippen molar-refractivity contribution in [2.75, 3.05) is 12.1 Å². The number of hydrazine groups is 1. The Kier molecular flexibility index (Phi) is 4.83. The van der Waals surface area contributed by atoms with E-state index >= 15 is 0 Å². The molecule has 152 valence electrons. The van der Waals surface area contributed by atoms with Gasteiger partial charge in [0.25, 0.3) is 5.91 Å². The molecule has 2 heterocycles. The molecule has 7 nitrogen and oxygen atoms in total. The number of carbonyl (C=O) groups excluding carboxylic acids is 2. The summed E-state index contributed by atoms with van der Waals surface area (Å²) < 4.78 is 5.66. The van der Waals surface area contributed by atoms with E-state index < -0.39 is 11.9 Å². The first-order chi connectivity index (χ1) is 14.3. The molecule has 1 aliphatic heterocycles. The molecule has 2 aromatic carbocycles. The molecule has 1 saturated heterocycles. The molecule has 3 aromatic rings. The Morgan fingerprint density at radius 3 is 2.40 bits per heavy atom. The van der Waals surface area contributed by atoms with Crippen LogP contribution in [0.4, 0.5) is 5.69 Å². The van der Waals surface area contributed by atoms with Crippen LogP contribution in [0.25, 0.3) is 11.0 Å². The van der Waals surface area contributed by atoms with Gasteiger partial charge in [-0.05, 0) is 56.2 Å². The van der Waals surface area contributed by atoms with Crippen LogP contribution >= 0.6 is 0 Å². The molecule has 1 fully saturated rings. The van der Waals surface area contributed by atoms with E-state index in [2.05, 4.69) is 4.99 Å². The lowest BCUT2D eigenvalue weighted by Crippen LogP contribution is -2.38. The second-order valence-electron chi connectivity index (χ2n) is 7.41. The highest BCUT2D eigenvalue weighted by Gasteiger charge is 2.40. The summed E-state index contributed by atoms with van der Waals surface area (Å²) in [5.41, 5.74) is 2.68. The third-order valence-electron chi connectivity index (χ3n) is 5.46. The van der Waals surface area contributed by atoms with Crippen LogP contribution in [-0.4, -0.2) is 35.6 Å². The van der Waals surface area contributed by atoms with Crippen molar-refractivity contribution in [3.63, 3.8) is 0 Å². The molecular weight excluding hydrogens is 382 g/mol. The summed E-state index contributed by atoms with van der Waals surface area (Å²) in [7, 11) is 1.75. The Bertz CT molecular complexity index is 1260. The average molecular weight is 403 g/mol. The van der Waals surface area contributed by atoms with Crippen LogP contribution in [0.2, 0.25) is 0 Å². The van der Waals surface area contributed by atoms with Gasteiger partial charge in [-0.25, -0.2) is 15.0 Å². The fraction of sp³-hybridized carbons (Fsp3) is 0.217. The molecule has 2 amide bonds. The van der Waals surface area contributed by atoms with Gasteiger partial charge in [0.15, 0.2) is 11.2 Å². The van der Waals surface area contributed by atoms with E-state index in [1.807, 2.05) is 32.0 Å². The van der Waals surface area contributed by atoms with Gasteiger partial charge < -0.3 is 4.42 Å². The van der Waals surface area contributed by atoms with E-state index in [1.165, 1.54) is 5.01 Å². The lowest BCUT2D eigenvalue weighted by Gasteiger charge is -2.25. The molecular formula is C23H21N3O4. The molecule has 0 N–H and O–H groups in total. The van der Waals surface area contributed by atoms with Gasteiger partial charge >= 0.3 is 5.91 Å². The number of hydrogen-bond donors (Lipinski definition) is 0. The van der Waals surface area contributed by atoms with Crippen LogP contribution in [0, 0.1) is 13.8 Å². The second kappa shape index (κ2) is 7.35. The number of amides is 2. The molecule has 30 heavy (non-hydrogen) atoms. The third-order valence-corrected chi connectivity index (χ3v) is 5.46. The number of hydrogen-bond acceptors (Lipinski definition) is 5. The minimum atomic E-state index is -0.759. The molecule has 1 unspecified atom stereocenters. The molecule has 0 spiro atoms. The molecule has 0 radical (unpaired) electrons. The maximum Gasteiger partial charge on any atom is 0.313 e. The molecule has 1 atom stereocenters. The van der Waals surface area contributed by atoms with Gasteiger partial charge in [0.2, 0.25) is 0 Å². The first-order valence-electron chi connectivity index (χ1n) is 9.58. The van der Waals surface area contributed by atoms with Gasteiger partial charge in [0.05, 0.1) is 17.1 Å². The first-order valence-corrected chi connectivity index (χ1v) is 9.58. The highest BCUT2D eigenvalue weighted by Crippen LogP contribution is 2.25. The topological polar surface area (TPSA) is 83.2 Å². The van der Waals surface area contributed by atoms with Crippen molar-refractivity contribution < 1.29 is 14.0 Å². The predicted octanol–water partition coefficient (Wildman–Crippen LogP) is 3.27. The van der Waals surface area contributed by atoms with E-state index in [0.29, 0.717) is 16.7 Å². The number of nitrogens with zero attached hydrogens (tertiary/aromatic N) is 3. The van der Waals surface area contributed by atoms with E-state index in [1.54, 1.807) is 43.2 Å². The van der Waals surface area contributed by atoms with Gasteiger partial charge in [-0.2, -0.15) is 0 Å². The lowest BCUT2D eigenvalue weighted by atomic mass is 10.1. The fourth-order valence-corrected chi connectivity index (χ4v) is 3.47. The van der Waals surface area contributed by atoms with Crippen molar-refractivity contribution in [2.45, 2.75) is 26.8 Å². The monoisotopic (exact) mass is 403 g/mol. The molecule has 7 heteroatoms. The number of fused-ring (bicyclic) bond motifs is 1. The molecule has 0 bridgehead atoms. The van der Waals surface area contributed by atoms with Crippen molar-refractivity contribution in [2.24, 2.45) is 4.99 Å². The van der Waals surface area contributed by atoms with Gasteiger partial charge in [-0.3, -0.25) is 14.4 Å². The molecule has 1 aromatic heterocycles. The SMILES string of the molecule is Cc1cc2oc(C(=O)N=C3C(=O)N(c4ccccc4)N(C)C3C)cc(=O)c2cc1C. The van der Waals surface area contributed by atoms with Crippen LogP contribution in [0.3, 0.4) is 0 Å². The maximum atomic E-state index is 13.0. The second-order valence-corrected chi connectivity index (χ2v) is 7.41. The largest absolute Gasteiger partial charge is 0.451 e. The van der Waals surface area contributed by atoms with Crippen molar-refractivity contribution in [1.29, 1.82) is 0 Å². The van der Waals surface area contributed by atoms with Crippen LogP contribution in [0.15, 0.2) is 62.7 Å². The zero-order valence-electron chi connectivity index (χ0n) is 17.2. The summed E-state index contributed by atoms with van der Waals surface area (Å²) in [5, 5.41) is 3.59. The Balaban J connectivity index is 1.73. The minimum Gasteiger partial charge on any atom is -0.451 e. The highest BCUT2D eigenvalue weighted by molar-refractivity contribution is 6.48. The summed E-state index contributed by atoms with van der Waals surface area (Å²) >= 11 is 0. The lowest BCUT2D eigenvalue weighted by molar-refractivity contribution is -0.113. The van der Waals surface area contributed by atoms with E-state index in [-0.39, 0.29) is 22.8 Å². The summed E-state index contributed by atoms with van der Waals surface area (Å²) in [5.74, 6) is -1.34. The fourth-order valence-electron chi connectivity index (χ4n) is 3.47. The van der Waals surface area contributed by atoms with E-state index in [4.69, 9.17) is 4.42 Å². The molecule has 4 rings (SSSR count). The normalized spacial score (nSPS) is 18.5. The minimum absolute atomic E-state index is 0.0918. The average Bonchev–Trinajstić information content (AvgIpc) is 2.93. The van der Waals surface area contributed by atoms with Crippen LogP contribution in [-0.2, 0) is 4.79 Å². The van der Waals surface area contributed by atoms with Gasteiger partial charge in [0.1, 0.15) is 11.3 Å². The zero-order chi connectivity index (χ0) is 21.6.